The van der Waals surface area contributed by atoms with E-state index in [1.165, 1.54) is 0 Å². The van der Waals surface area contributed by atoms with E-state index < -0.39 is 5.41 Å². The Bertz CT molecular complexity index is 832. The number of rotatable bonds is 4. The monoisotopic (exact) mass is 327 g/mol. The van der Waals surface area contributed by atoms with Crippen molar-refractivity contribution >= 4 is 28.7 Å². The summed E-state index contributed by atoms with van der Waals surface area (Å²) in [6.07, 6.45) is 1.59. The maximum atomic E-state index is 12.5. The van der Waals surface area contributed by atoms with E-state index in [4.69, 9.17) is 20.8 Å². The Hall–Kier alpha value is -2.33. The van der Waals surface area contributed by atoms with Crippen molar-refractivity contribution in [2.75, 3.05) is 0 Å². The van der Waals surface area contributed by atoms with Crippen LogP contribution in [0.25, 0.3) is 11.1 Å². The number of carbonyl (C=O) groups is 1. The van der Waals surface area contributed by atoms with E-state index in [0.717, 1.165) is 23.9 Å². The summed E-state index contributed by atoms with van der Waals surface area (Å²) in [6.45, 7) is 0.0445. The van der Waals surface area contributed by atoms with Gasteiger partial charge in [-0.05, 0) is 42.7 Å². The number of halogens is 1. The molecule has 116 valence electrons. The third-order valence-corrected chi connectivity index (χ3v) is 4.45. The highest BCUT2D eigenvalue weighted by atomic mass is 35.5. The van der Waals surface area contributed by atoms with Crippen LogP contribution in [0.4, 0.5) is 0 Å². The van der Waals surface area contributed by atoms with Gasteiger partial charge in [0.05, 0.1) is 5.41 Å². The number of aromatic nitrogens is 1. The second-order valence-corrected chi connectivity index (χ2v) is 6.18. The molecular weight excluding hydrogens is 314 g/mol. The molecule has 1 aliphatic rings. The number of oxazole rings is 1. The van der Waals surface area contributed by atoms with Gasteiger partial charge in [-0.1, -0.05) is 35.9 Å². The van der Waals surface area contributed by atoms with E-state index in [-0.39, 0.29) is 12.6 Å². The van der Waals surface area contributed by atoms with Crippen molar-refractivity contribution in [2.24, 2.45) is 0 Å². The molecular formula is C18H14ClNO3. The first kappa shape index (κ1) is 14.3. The van der Waals surface area contributed by atoms with Gasteiger partial charge in [0.2, 0.25) is 5.89 Å². The van der Waals surface area contributed by atoms with Gasteiger partial charge in [0.15, 0.2) is 12.2 Å². The summed E-state index contributed by atoms with van der Waals surface area (Å²) >= 11 is 5.90. The molecule has 1 saturated carbocycles. The fraction of sp³-hybridized carbons (Fsp3) is 0.222. The first-order valence-electron chi connectivity index (χ1n) is 7.45. The minimum absolute atomic E-state index is 0.0445. The zero-order chi connectivity index (χ0) is 15.9. The lowest BCUT2D eigenvalue weighted by atomic mass is 9.96. The number of esters is 1. The molecule has 5 heteroatoms. The minimum atomic E-state index is -0.531. The second kappa shape index (κ2) is 5.39. The van der Waals surface area contributed by atoms with Crippen LogP contribution in [-0.4, -0.2) is 11.0 Å². The lowest BCUT2D eigenvalue weighted by molar-refractivity contribution is -0.148. The number of nitrogens with zero attached hydrogens (tertiary/aromatic N) is 1. The van der Waals surface area contributed by atoms with Crippen molar-refractivity contribution in [3.05, 3.63) is 65.0 Å². The quantitative estimate of drug-likeness (QED) is 0.672. The van der Waals surface area contributed by atoms with Crippen LogP contribution in [0.1, 0.15) is 24.3 Å². The molecule has 0 N–H and O–H groups in total. The molecule has 0 spiro atoms. The van der Waals surface area contributed by atoms with E-state index >= 15 is 0 Å². The summed E-state index contributed by atoms with van der Waals surface area (Å²) in [7, 11) is 0. The van der Waals surface area contributed by atoms with Gasteiger partial charge in [-0.15, -0.1) is 0 Å². The van der Waals surface area contributed by atoms with E-state index in [2.05, 4.69) is 4.98 Å². The Morgan fingerprint density at radius 1 is 1.17 bits per heavy atom. The fourth-order valence-electron chi connectivity index (χ4n) is 2.75. The highest BCUT2D eigenvalue weighted by Gasteiger charge is 2.52. The van der Waals surface area contributed by atoms with Gasteiger partial charge in [0, 0.05) is 5.02 Å². The molecule has 0 unspecified atom stereocenters. The molecule has 23 heavy (non-hydrogen) atoms. The first-order chi connectivity index (χ1) is 11.2. The summed E-state index contributed by atoms with van der Waals surface area (Å²) in [6, 6.07) is 14.8. The molecule has 0 saturated heterocycles. The fourth-order valence-corrected chi connectivity index (χ4v) is 2.88. The third kappa shape index (κ3) is 2.59. The molecule has 1 fully saturated rings. The molecule has 4 rings (SSSR count). The van der Waals surface area contributed by atoms with Crippen LogP contribution in [0.3, 0.4) is 0 Å². The Morgan fingerprint density at radius 3 is 2.61 bits per heavy atom. The summed E-state index contributed by atoms with van der Waals surface area (Å²) in [5.41, 5.74) is 1.87. The van der Waals surface area contributed by atoms with Gasteiger partial charge in [0.1, 0.15) is 5.52 Å². The largest absolute Gasteiger partial charge is 0.455 e. The Labute approximate surface area is 138 Å². The van der Waals surface area contributed by atoms with Crippen molar-refractivity contribution in [2.45, 2.75) is 24.9 Å². The van der Waals surface area contributed by atoms with Gasteiger partial charge < -0.3 is 9.15 Å². The van der Waals surface area contributed by atoms with Crippen LogP contribution in [-0.2, 0) is 21.6 Å². The molecule has 0 atom stereocenters. The lowest BCUT2D eigenvalue weighted by Crippen LogP contribution is -2.23. The zero-order valence-electron chi connectivity index (χ0n) is 12.3. The molecule has 0 aliphatic heterocycles. The van der Waals surface area contributed by atoms with Gasteiger partial charge >= 0.3 is 5.97 Å². The Kier molecular flexibility index (Phi) is 3.34. The molecule has 1 aliphatic carbocycles. The Morgan fingerprint density at radius 2 is 1.91 bits per heavy atom. The highest BCUT2D eigenvalue weighted by molar-refractivity contribution is 6.30. The summed E-state index contributed by atoms with van der Waals surface area (Å²) in [5.74, 6) is 0.175. The number of para-hydroxylation sites is 2. The van der Waals surface area contributed by atoms with Crippen molar-refractivity contribution < 1.29 is 13.9 Å². The molecule has 0 radical (unpaired) electrons. The molecule has 0 amide bonds. The smallest absolute Gasteiger partial charge is 0.317 e. The highest BCUT2D eigenvalue weighted by Crippen LogP contribution is 2.49. The third-order valence-electron chi connectivity index (χ3n) is 4.20. The average Bonchev–Trinajstić information content (AvgIpc) is 3.27. The Balaban J connectivity index is 1.48. The maximum absolute atomic E-state index is 12.5. The number of hydrogen-bond donors (Lipinski definition) is 0. The summed E-state index contributed by atoms with van der Waals surface area (Å²) in [4.78, 5) is 16.8. The maximum Gasteiger partial charge on any atom is 0.317 e. The number of ether oxygens (including phenoxy) is 1. The standard InChI is InChI=1S/C18H14ClNO3/c19-13-7-5-12(6-8-13)18(9-10-18)17(21)22-11-16-20-14-3-1-2-4-15(14)23-16/h1-8H,9-11H2. The van der Waals surface area contributed by atoms with Crippen LogP contribution in [0.5, 0.6) is 0 Å². The number of carbonyl (C=O) groups excluding carboxylic acids is 1. The van der Waals surface area contributed by atoms with Crippen LogP contribution in [0.15, 0.2) is 52.9 Å². The average molecular weight is 328 g/mol. The molecule has 1 aromatic heterocycles. The second-order valence-electron chi connectivity index (χ2n) is 5.74. The van der Waals surface area contributed by atoms with E-state index in [1.807, 2.05) is 36.4 Å². The number of fused-ring (bicyclic) bond motifs is 1. The van der Waals surface area contributed by atoms with Gasteiger partial charge in [0.25, 0.3) is 0 Å². The zero-order valence-corrected chi connectivity index (χ0v) is 13.0. The van der Waals surface area contributed by atoms with Crippen LogP contribution < -0.4 is 0 Å². The van der Waals surface area contributed by atoms with Gasteiger partial charge in [-0.3, -0.25) is 4.79 Å². The normalized spacial score (nSPS) is 15.5. The molecule has 2 aromatic carbocycles. The number of hydrogen-bond acceptors (Lipinski definition) is 4. The lowest BCUT2D eigenvalue weighted by Gasteiger charge is -2.14. The SMILES string of the molecule is O=C(OCc1nc2ccccc2o1)C1(c2ccc(Cl)cc2)CC1. The van der Waals surface area contributed by atoms with Crippen molar-refractivity contribution in [1.29, 1.82) is 0 Å². The molecule has 0 bridgehead atoms. The predicted molar refractivity (Wildman–Crippen MR) is 86.2 cm³/mol. The summed E-state index contributed by atoms with van der Waals surface area (Å²) < 4.78 is 11.0. The van der Waals surface area contributed by atoms with E-state index in [1.54, 1.807) is 12.1 Å². The molecule has 4 nitrogen and oxygen atoms in total. The van der Waals surface area contributed by atoms with Gasteiger partial charge in [-0.25, -0.2) is 4.98 Å². The van der Waals surface area contributed by atoms with Crippen molar-refractivity contribution in [3.63, 3.8) is 0 Å². The molecule has 3 aromatic rings. The number of benzene rings is 2. The topological polar surface area (TPSA) is 52.3 Å². The predicted octanol–water partition coefficient (Wildman–Crippen LogP) is 4.26. The van der Waals surface area contributed by atoms with Crippen LogP contribution in [0.2, 0.25) is 5.02 Å². The van der Waals surface area contributed by atoms with E-state index in [9.17, 15) is 4.79 Å². The molecule has 1 heterocycles. The minimum Gasteiger partial charge on any atom is -0.455 e. The van der Waals surface area contributed by atoms with Crippen LogP contribution >= 0.6 is 11.6 Å². The van der Waals surface area contributed by atoms with Gasteiger partial charge in [-0.2, -0.15) is 0 Å². The van der Waals surface area contributed by atoms with Crippen molar-refractivity contribution in [3.8, 4) is 0 Å². The van der Waals surface area contributed by atoms with Crippen LogP contribution in [0, 0.1) is 0 Å². The van der Waals surface area contributed by atoms with E-state index in [0.29, 0.717) is 16.5 Å². The van der Waals surface area contributed by atoms with Crippen molar-refractivity contribution in [1.82, 2.24) is 4.98 Å². The summed E-state index contributed by atoms with van der Waals surface area (Å²) in [5, 5.41) is 0.657. The first-order valence-corrected chi connectivity index (χ1v) is 7.83.